The SMILES string of the molecule is CNC(c1ccc(OC)cc1OC)C(C)N. The van der Waals surface area contributed by atoms with Crippen molar-refractivity contribution < 1.29 is 9.47 Å². The fourth-order valence-corrected chi connectivity index (χ4v) is 1.78. The Morgan fingerprint density at radius 2 is 1.94 bits per heavy atom. The fourth-order valence-electron chi connectivity index (χ4n) is 1.78. The molecule has 4 heteroatoms. The van der Waals surface area contributed by atoms with Crippen LogP contribution in [-0.2, 0) is 0 Å². The molecule has 0 fully saturated rings. The predicted molar refractivity (Wildman–Crippen MR) is 65.0 cm³/mol. The highest BCUT2D eigenvalue weighted by Crippen LogP contribution is 2.30. The Hall–Kier alpha value is -1.26. The van der Waals surface area contributed by atoms with E-state index in [1.807, 2.05) is 32.2 Å². The lowest BCUT2D eigenvalue weighted by atomic mass is 10.00. The summed E-state index contributed by atoms with van der Waals surface area (Å²) in [6.45, 7) is 1.96. The van der Waals surface area contributed by atoms with Crippen molar-refractivity contribution in [2.24, 2.45) is 5.73 Å². The van der Waals surface area contributed by atoms with Gasteiger partial charge in [-0.2, -0.15) is 0 Å². The van der Waals surface area contributed by atoms with Crippen molar-refractivity contribution >= 4 is 0 Å². The van der Waals surface area contributed by atoms with Crippen LogP contribution in [0.1, 0.15) is 18.5 Å². The topological polar surface area (TPSA) is 56.5 Å². The standard InChI is InChI=1S/C12H20N2O2/c1-8(13)12(14-2)10-6-5-9(15-3)7-11(10)16-4/h5-8,12,14H,13H2,1-4H3. The number of benzene rings is 1. The van der Waals surface area contributed by atoms with E-state index in [4.69, 9.17) is 15.2 Å². The van der Waals surface area contributed by atoms with E-state index in [1.54, 1.807) is 14.2 Å². The molecule has 0 radical (unpaired) electrons. The molecule has 1 rings (SSSR count). The van der Waals surface area contributed by atoms with Crippen molar-refractivity contribution in [3.05, 3.63) is 23.8 Å². The van der Waals surface area contributed by atoms with Gasteiger partial charge in [0, 0.05) is 17.7 Å². The molecule has 0 aliphatic carbocycles. The maximum atomic E-state index is 5.92. The van der Waals surface area contributed by atoms with Crippen LogP contribution in [0.25, 0.3) is 0 Å². The van der Waals surface area contributed by atoms with E-state index in [-0.39, 0.29) is 12.1 Å². The van der Waals surface area contributed by atoms with Crippen molar-refractivity contribution in [2.45, 2.75) is 19.0 Å². The van der Waals surface area contributed by atoms with Crippen molar-refractivity contribution in [3.63, 3.8) is 0 Å². The van der Waals surface area contributed by atoms with Gasteiger partial charge in [-0.1, -0.05) is 6.07 Å². The highest BCUT2D eigenvalue weighted by Gasteiger charge is 2.18. The highest BCUT2D eigenvalue weighted by molar-refractivity contribution is 5.43. The minimum atomic E-state index is 0.00675. The summed E-state index contributed by atoms with van der Waals surface area (Å²) < 4.78 is 10.5. The van der Waals surface area contributed by atoms with Gasteiger partial charge in [0.1, 0.15) is 11.5 Å². The summed E-state index contributed by atoms with van der Waals surface area (Å²) in [6.07, 6.45) is 0. The first-order valence-electron chi connectivity index (χ1n) is 5.28. The minimum Gasteiger partial charge on any atom is -0.497 e. The molecule has 4 nitrogen and oxygen atoms in total. The van der Waals surface area contributed by atoms with E-state index in [1.165, 1.54) is 0 Å². The highest BCUT2D eigenvalue weighted by atomic mass is 16.5. The van der Waals surface area contributed by atoms with Gasteiger partial charge in [0.15, 0.2) is 0 Å². The molecule has 1 aromatic carbocycles. The second-order valence-electron chi connectivity index (χ2n) is 3.73. The summed E-state index contributed by atoms with van der Waals surface area (Å²) >= 11 is 0. The number of hydrogen-bond acceptors (Lipinski definition) is 4. The molecule has 0 heterocycles. The lowest BCUT2D eigenvalue weighted by molar-refractivity contribution is 0.381. The van der Waals surface area contributed by atoms with Gasteiger partial charge in [-0.25, -0.2) is 0 Å². The second kappa shape index (κ2) is 5.72. The second-order valence-corrected chi connectivity index (χ2v) is 3.73. The fraction of sp³-hybridized carbons (Fsp3) is 0.500. The van der Waals surface area contributed by atoms with E-state index in [2.05, 4.69) is 5.32 Å². The van der Waals surface area contributed by atoms with Crippen LogP contribution >= 0.6 is 0 Å². The van der Waals surface area contributed by atoms with Crippen LogP contribution in [-0.4, -0.2) is 27.3 Å². The first kappa shape index (κ1) is 12.8. The maximum Gasteiger partial charge on any atom is 0.127 e. The zero-order chi connectivity index (χ0) is 12.1. The van der Waals surface area contributed by atoms with Crippen LogP contribution in [0.5, 0.6) is 11.5 Å². The molecule has 0 saturated carbocycles. The molecule has 0 saturated heterocycles. The summed E-state index contributed by atoms with van der Waals surface area (Å²) in [5.41, 5.74) is 6.97. The molecule has 2 unspecified atom stereocenters. The molecule has 3 N–H and O–H groups in total. The largest absolute Gasteiger partial charge is 0.497 e. The molecule has 0 aliphatic heterocycles. The van der Waals surface area contributed by atoms with Gasteiger partial charge in [0.2, 0.25) is 0 Å². The first-order valence-corrected chi connectivity index (χ1v) is 5.28. The first-order chi connectivity index (χ1) is 7.63. The number of rotatable bonds is 5. The van der Waals surface area contributed by atoms with E-state index in [9.17, 15) is 0 Å². The molecular weight excluding hydrogens is 204 g/mol. The number of ether oxygens (including phenoxy) is 2. The van der Waals surface area contributed by atoms with Crippen LogP contribution in [0.4, 0.5) is 0 Å². The Morgan fingerprint density at radius 3 is 2.38 bits per heavy atom. The average molecular weight is 224 g/mol. The molecule has 0 amide bonds. The van der Waals surface area contributed by atoms with Crippen LogP contribution in [0.15, 0.2) is 18.2 Å². The monoisotopic (exact) mass is 224 g/mol. The Bertz CT molecular complexity index is 340. The lowest BCUT2D eigenvalue weighted by Crippen LogP contribution is -2.33. The zero-order valence-corrected chi connectivity index (χ0v) is 10.3. The third-order valence-corrected chi connectivity index (χ3v) is 2.61. The van der Waals surface area contributed by atoms with Gasteiger partial charge in [-0.3, -0.25) is 0 Å². The summed E-state index contributed by atoms with van der Waals surface area (Å²) in [5, 5.41) is 3.18. The van der Waals surface area contributed by atoms with Crippen molar-refractivity contribution in [3.8, 4) is 11.5 Å². The van der Waals surface area contributed by atoms with Gasteiger partial charge in [0.05, 0.1) is 20.3 Å². The molecule has 90 valence electrons. The van der Waals surface area contributed by atoms with Gasteiger partial charge in [-0.15, -0.1) is 0 Å². The van der Waals surface area contributed by atoms with Crippen LogP contribution < -0.4 is 20.5 Å². The van der Waals surface area contributed by atoms with Crippen LogP contribution in [0.2, 0.25) is 0 Å². The van der Waals surface area contributed by atoms with E-state index in [0.29, 0.717) is 0 Å². The molecule has 0 aromatic heterocycles. The normalized spacial score (nSPS) is 14.3. The van der Waals surface area contributed by atoms with Crippen LogP contribution in [0, 0.1) is 0 Å². The quantitative estimate of drug-likeness (QED) is 0.792. The Labute approximate surface area is 96.7 Å². The number of methoxy groups -OCH3 is 2. The maximum absolute atomic E-state index is 5.92. The van der Waals surface area contributed by atoms with Crippen LogP contribution in [0.3, 0.4) is 0 Å². The van der Waals surface area contributed by atoms with E-state index >= 15 is 0 Å². The van der Waals surface area contributed by atoms with Crippen molar-refractivity contribution in [1.82, 2.24) is 5.32 Å². The Kier molecular flexibility index (Phi) is 4.58. The van der Waals surface area contributed by atoms with Gasteiger partial charge in [0.25, 0.3) is 0 Å². The smallest absolute Gasteiger partial charge is 0.127 e. The Morgan fingerprint density at radius 1 is 1.25 bits per heavy atom. The zero-order valence-electron chi connectivity index (χ0n) is 10.3. The third-order valence-electron chi connectivity index (χ3n) is 2.61. The van der Waals surface area contributed by atoms with Crippen molar-refractivity contribution in [2.75, 3.05) is 21.3 Å². The summed E-state index contributed by atoms with van der Waals surface area (Å²) in [5.74, 6) is 1.57. The molecule has 0 spiro atoms. The molecule has 1 aromatic rings. The number of nitrogens with two attached hydrogens (primary N) is 1. The minimum absolute atomic E-state index is 0.00675. The molecule has 0 aliphatic rings. The third kappa shape index (κ3) is 2.65. The predicted octanol–water partition coefficient (Wildman–Crippen LogP) is 1.31. The summed E-state index contributed by atoms with van der Waals surface area (Å²) in [4.78, 5) is 0. The number of likely N-dealkylation sites (N-methyl/N-ethyl adjacent to an activating group) is 1. The molecule has 16 heavy (non-hydrogen) atoms. The lowest BCUT2D eigenvalue weighted by Gasteiger charge is -2.23. The van der Waals surface area contributed by atoms with Gasteiger partial charge >= 0.3 is 0 Å². The van der Waals surface area contributed by atoms with E-state index < -0.39 is 0 Å². The van der Waals surface area contributed by atoms with E-state index in [0.717, 1.165) is 17.1 Å². The number of nitrogens with one attached hydrogen (secondary N) is 1. The number of hydrogen-bond donors (Lipinski definition) is 2. The Balaban J connectivity index is 3.11. The average Bonchev–Trinajstić information content (AvgIpc) is 2.29. The molecular formula is C12H20N2O2. The molecule has 0 bridgehead atoms. The van der Waals surface area contributed by atoms with Crippen molar-refractivity contribution in [1.29, 1.82) is 0 Å². The molecule has 2 atom stereocenters. The summed E-state index contributed by atoms with van der Waals surface area (Å²) in [7, 11) is 5.17. The van der Waals surface area contributed by atoms with Gasteiger partial charge in [-0.05, 0) is 20.0 Å². The van der Waals surface area contributed by atoms with Gasteiger partial charge < -0.3 is 20.5 Å². The summed E-state index contributed by atoms with van der Waals surface area (Å²) in [6, 6.07) is 5.82.